The van der Waals surface area contributed by atoms with Gasteiger partial charge in [-0.2, -0.15) is 0 Å². The molecule has 2 aromatic heterocycles. The van der Waals surface area contributed by atoms with E-state index in [0.29, 0.717) is 29.0 Å². The van der Waals surface area contributed by atoms with Crippen LogP contribution < -0.4 is 9.47 Å². The molecule has 176 valence electrons. The second-order valence-corrected chi connectivity index (χ2v) is 8.65. The number of carboxylic acids is 1. The zero-order valence-corrected chi connectivity index (χ0v) is 20.5. The van der Waals surface area contributed by atoms with Gasteiger partial charge in [-0.25, -0.2) is 4.79 Å². The zero-order valence-electron chi connectivity index (χ0n) is 19.7. The van der Waals surface area contributed by atoms with Crippen molar-refractivity contribution in [3.8, 4) is 22.9 Å². The molecule has 0 unspecified atom stereocenters. The fourth-order valence-electron chi connectivity index (χ4n) is 3.90. The van der Waals surface area contributed by atoms with Crippen LogP contribution in [-0.4, -0.2) is 44.6 Å². The Kier molecular flexibility index (Phi) is 6.65. The first-order valence-electron chi connectivity index (χ1n) is 10.7. The van der Waals surface area contributed by atoms with Crippen molar-refractivity contribution in [3.05, 3.63) is 58.6 Å². The average Bonchev–Trinajstić information content (AvgIpc) is 3.37. The van der Waals surface area contributed by atoms with Crippen LogP contribution in [-0.2, 0) is 18.4 Å². The van der Waals surface area contributed by atoms with Crippen molar-refractivity contribution in [1.82, 2.24) is 19.3 Å². The zero-order chi connectivity index (χ0) is 24.4. The second kappa shape index (κ2) is 9.64. The molecular weight excluding hydrogens is 452 g/mol. The highest BCUT2D eigenvalue weighted by Crippen LogP contribution is 2.35. The van der Waals surface area contributed by atoms with Gasteiger partial charge in [0.2, 0.25) is 0 Å². The molecule has 0 saturated carbocycles. The van der Waals surface area contributed by atoms with Gasteiger partial charge in [0.25, 0.3) is 0 Å². The molecule has 1 N–H and O–H groups in total. The molecule has 0 spiro atoms. The molecule has 0 amide bonds. The number of nitrogens with zero attached hydrogens (tertiary/aromatic N) is 4. The Morgan fingerprint density at radius 2 is 1.79 bits per heavy atom. The minimum Gasteiger partial charge on any atom is -0.497 e. The predicted octanol–water partition coefficient (Wildman–Crippen LogP) is 5.00. The molecule has 2 aromatic carbocycles. The van der Waals surface area contributed by atoms with E-state index in [1.807, 2.05) is 61.9 Å². The lowest BCUT2D eigenvalue weighted by atomic mass is 10.1. The number of para-hydroxylation sites is 1. The maximum absolute atomic E-state index is 12.2. The van der Waals surface area contributed by atoms with Crippen LogP contribution in [0.5, 0.6) is 11.5 Å². The Morgan fingerprint density at radius 3 is 2.41 bits per heavy atom. The van der Waals surface area contributed by atoms with Gasteiger partial charge in [0.05, 0.1) is 14.2 Å². The third-order valence-electron chi connectivity index (χ3n) is 5.78. The standard InChI is InChI=1S/C25H26N4O4S/c1-6-29-23(16-11-17(32-4)13-18(12-16)33-5)26-27-25(29)34-22(24(30)31)14-20-15(2)28(3)21-10-8-7-9-19(20)21/h7-14H,6H2,1-5H3,(H,30,31)/b22-14-. The molecule has 4 aromatic rings. The molecule has 4 rings (SSSR count). The van der Waals surface area contributed by atoms with Gasteiger partial charge in [0, 0.05) is 47.4 Å². The summed E-state index contributed by atoms with van der Waals surface area (Å²) in [4.78, 5) is 12.4. The number of hydrogen-bond donors (Lipinski definition) is 1. The Hall–Kier alpha value is -3.72. The Balaban J connectivity index is 1.77. The van der Waals surface area contributed by atoms with Gasteiger partial charge in [-0.05, 0) is 49.9 Å². The van der Waals surface area contributed by atoms with E-state index >= 15 is 0 Å². The van der Waals surface area contributed by atoms with Crippen LogP contribution in [0.25, 0.3) is 28.4 Å². The number of fused-ring (bicyclic) bond motifs is 1. The fraction of sp³-hybridized carbons (Fsp3) is 0.240. The number of ether oxygens (including phenoxy) is 2. The van der Waals surface area contributed by atoms with Crippen molar-refractivity contribution in [1.29, 1.82) is 0 Å². The maximum Gasteiger partial charge on any atom is 0.342 e. The van der Waals surface area contributed by atoms with Crippen LogP contribution in [0.4, 0.5) is 0 Å². The van der Waals surface area contributed by atoms with E-state index in [9.17, 15) is 9.90 Å². The molecule has 9 heteroatoms. The number of thioether (sulfide) groups is 1. The first kappa shape index (κ1) is 23.4. The number of aromatic nitrogens is 4. The van der Waals surface area contributed by atoms with Crippen molar-refractivity contribution < 1.29 is 19.4 Å². The Morgan fingerprint density at radius 1 is 1.12 bits per heavy atom. The van der Waals surface area contributed by atoms with E-state index in [4.69, 9.17) is 9.47 Å². The van der Waals surface area contributed by atoms with Crippen molar-refractivity contribution in [2.45, 2.75) is 25.5 Å². The summed E-state index contributed by atoms with van der Waals surface area (Å²) in [5.74, 6) is 0.847. The molecular formula is C25H26N4O4S. The van der Waals surface area contributed by atoms with Crippen molar-refractivity contribution in [2.75, 3.05) is 14.2 Å². The van der Waals surface area contributed by atoms with Crippen LogP contribution >= 0.6 is 11.8 Å². The van der Waals surface area contributed by atoms with Crippen molar-refractivity contribution >= 4 is 34.7 Å². The molecule has 8 nitrogen and oxygen atoms in total. The fourth-order valence-corrected chi connectivity index (χ4v) is 4.76. The molecule has 0 radical (unpaired) electrons. The van der Waals surface area contributed by atoms with Gasteiger partial charge >= 0.3 is 5.97 Å². The van der Waals surface area contributed by atoms with E-state index in [2.05, 4.69) is 14.8 Å². The van der Waals surface area contributed by atoms with E-state index in [1.54, 1.807) is 26.4 Å². The highest BCUT2D eigenvalue weighted by atomic mass is 32.2. The van der Waals surface area contributed by atoms with Crippen LogP contribution in [0.2, 0.25) is 0 Å². The third-order valence-corrected chi connectivity index (χ3v) is 6.78. The number of aliphatic carboxylic acids is 1. The summed E-state index contributed by atoms with van der Waals surface area (Å²) in [7, 11) is 5.15. The molecule has 0 bridgehead atoms. The molecule has 34 heavy (non-hydrogen) atoms. The monoisotopic (exact) mass is 478 g/mol. The van der Waals surface area contributed by atoms with Gasteiger partial charge in [0.15, 0.2) is 11.0 Å². The maximum atomic E-state index is 12.2. The second-order valence-electron chi connectivity index (χ2n) is 7.64. The summed E-state index contributed by atoms with van der Waals surface area (Å²) in [5, 5.41) is 20.2. The third kappa shape index (κ3) is 4.26. The minimum atomic E-state index is -1.02. The largest absolute Gasteiger partial charge is 0.497 e. The van der Waals surface area contributed by atoms with E-state index < -0.39 is 5.97 Å². The first-order chi connectivity index (χ1) is 16.4. The van der Waals surface area contributed by atoms with Gasteiger partial charge in [0.1, 0.15) is 16.4 Å². The topological polar surface area (TPSA) is 91.4 Å². The van der Waals surface area contributed by atoms with E-state index in [0.717, 1.165) is 39.5 Å². The molecule has 0 aliphatic heterocycles. The minimum absolute atomic E-state index is 0.163. The predicted molar refractivity (Wildman–Crippen MR) is 133 cm³/mol. The lowest BCUT2D eigenvalue weighted by molar-refractivity contribution is -0.131. The van der Waals surface area contributed by atoms with Crippen LogP contribution in [0, 0.1) is 6.92 Å². The number of benzene rings is 2. The number of methoxy groups -OCH3 is 2. The van der Waals surface area contributed by atoms with Gasteiger partial charge in [-0.15, -0.1) is 10.2 Å². The summed E-state index contributed by atoms with van der Waals surface area (Å²) >= 11 is 1.08. The van der Waals surface area contributed by atoms with Crippen molar-refractivity contribution in [2.24, 2.45) is 7.05 Å². The summed E-state index contributed by atoms with van der Waals surface area (Å²) in [6.45, 7) is 4.51. The highest BCUT2D eigenvalue weighted by Gasteiger charge is 2.20. The SMILES string of the molecule is CCn1c(S/C(=C\c2c(C)n(C)c3ccccc23)C(=O)O)nnc1-c1cc(OC)cc(OC)c1. The molecule has 0 aliphatic rings. The number of hydrogen-bond acceptors (Lipinski definition) is 6. The molecule has 0 fully saturated rings. The van der Waals surface area contributed by atoms with E-state index in [1.165, 1.54) is 0 Å². The summed E-state index contributed by atoms with van der Waals surface area (Å²) in [6, 6.07) is 13.4. The Labute approximate surface area is 201 Å². The number of aryl methyl sites for hydroxylation is 1. The summed E-state index contributed by atoms with van der Waals surface area (Å²) in [6.07, 6.45) is 1.72. The van der Waals surface area contributed by atoms with Gasteiger partial charge in [-0.1, -0.05) is 18.2 Å². The van der Waals surface area contributed by atoms with Crippen LogP contribution in [0.3, 0.4) is 0 Å². The lowest BCUT2D eigenvalue weighted by Gasteiger charge is -2.10. The summed E-state index contributed by atoms with van der Waals surface area (Å²) in [5.41, 5.74) is 3.68. The quantitative estimate of drug-likeness (QED) is 0.281. The molecule has 0 atom stereocenters. The van der Waals surface area contributed by atoms with Crippen LogP contribution in [0.1, 0.15) is 18.2 Å². The number of rotatable bonds is 8. The lowest BCUT2D eigenvalue weighted by Crippen LogP contribution is -2.03. The summed E-state index contributed by atoms with van der Waals surface area (Å²) < 4.78 is 14.7. The Bertz CT molecular complexity index is 1380. The highest BCUT2D eigenvalue weighted by molar-refractivity contribution is 8.04. The smallest absolute Gasteiger partial charge is 0.342 e. The number of carboxylic acid groups (broad SMARTS) is 1. The molecule has 0 saturated heterocycles. The number of carbonyl (C=O) groups is 1. The molecule has 2 heterocycles. The average molecular weight is 479 g/mol. The molecule has 0 aliphatic carbocycles. The normalized spacial score (nSPS) is 11.7. The van der Waals surface area contributed by atoms with Gasteiger partial charge < -0.3 is 23.7 Å². The van der Waals surface area contributed by atoms with Crippen molar-refractivity contribution in [3.63, 3.8) is 0 Å². The van der Waals surface area contributed by atoms with Crippen LogP contribution in [0.15, 0.2) is 52.5 Å². The van der Waals surface area contributed by atoms with E-state index in [-0.39, 0.29) is 4.91 Å². The van der Waals surface area contributed by atoms with Gasteiger partial charge in [-0.3, -0.25) is 0 Å². The first-order valence-corrected chi connectivity index (χ1v) is 11.5.